The summed E-state index contributed by atoms with van der Waals surface area (Å²) < 4.78 is 20.1. The summed E-state index contributed by atoms with van der Waals surface area (Å²) in [7, 11) is 2.73. The third-order valence-electron chi connectivity index (χ3n) is 3.66. The first-order valence-electron chi connectivity index (χ1n) is 7.71. The Morgan fingerprint density at radius 3 is 2.33 bits per heavy atom. The van der Waals surface area contributed by atoms with Crippen LogP contribution in [-0.4, -0.2) is 31.6 Å². The van der Waals surface area contributed by atoms with Gasteiger partial charge in [-0.25, -0.2) is 4.79 Å². The predicted octanol–water partition coefficient (Wildman–Crippen LogP) is 2.57. The lowest BCUT2D eigenvalue weighted by Gasteiger charge is -2.15. The number of nitrogens with zero attached hydrogens (tertiary/aromatic N) is 1. The Labute approximate surface area is 154 Å². The molecule has 2 rings (SSSR count). The molecule has 0 aromatic heterocycles. The number of carbonyl (C=O) groups is 2. The molecule has 1 unspecified atom stereocenters. The van der Waals surface area contributed by atoms with Crippen LogP contribution in [0.4, 0.5) is 5.69 Å². The topological polar surface area (TPSA) is 114 Å². The van der Waals surface area contributed by atoms with Crippen LogP contribution >= 0.6 is 0 Å². The minimum absolute atomic E-state index is 0.101. The maximum atomic E-state index is 12.3. The molecular formula is C18H17NO8. The zero-order valence-electron chi connectivity index (χ0n) is 14.6. The number of hydrogen-bond acceptors (Lipinski definition) is 8. The first kappa shape index (κ1) is 19.7. The van der Waals surface area contributed by atoms with Crippen LogP contribution in [0.1, 0.15) is 17.2 Å². The van der Waals surface area contributed by atoms with E-state index in [2.05, 4.69) is 0 Å². The number of carbonyl (C=O) groups excluding carboxylic acids is 2. The van der Waals surface area contributed by atoms with Gasteiger partial charge in [0.2, 0.25) is 6.10 Å². The van der Waals surface area contributed by atoms with Crippen LogP contribution in [-0.2, 0) is 25.7 Å². The van der Waals surface area contributed by atoms with E-state index in [9.17, 15) is 19.7 Å². The fourth-order valence-electron chi connectivity index (χ4n) is 2.37. The van der Waals surface area contributed by atoms with E-state index in [1.54, 1.807) is 30.3 Å². The maximum absolute atomic E-state index is 12.3. The van der Waals surface area contributed by atoms with Crippen molar-refractivity contribution >= 4 is 18.1 Å². The molecule has 0 saturated heterocycles. The van der Waals surface area contributed by atoms with Crippen LogP contribution in [0.5, 0.6) is 11.5 Å². The average Bonchev–Trinajstić information content (AvgIpc) is 2.69. The van der Waals surface area contributed by atoms with Crippen LogP contribution in [0, 0.1) is 10.1 Å². The lowest BCUT2D eigenvalue weighted by atomic mass is 10.1. The Hall–Kier alpha value is -3.62. The Morgan fingerprint density at radius 2 is 1.78 bits per heavy atom. The highest BCUT2D eigenvalue weighted by Crippen LogP contribution is 2.35. The van der Waals surface area contributed by atoms with E-state index in [-0.39, 0.29) is 29.2 Å². The lowest BCUT2D eigenvalue weighted by Crippen LogP contribution is -2.18. The van der Waals surface area contributed by atoms with E-state index in [0.717, 1.165) is 0 Å². The van der Waals surface area contributed by atoms with Crippen LogP contribution in [0.2, 0.25) is 0 Å². The fourth-order valence-corrected chi connectivity index (χ4v) is 2.37. The average molecular weight is 375 g/mol. The van der Waals surface area contributed by atoms with E-state index < -0.39 is 23.6 Å². The smallest absolute Gasteiger partial charge is 0.352 e. The summed E-state index contributed by atoms with van der Waals surface area (Å²) in [5.74, 6) is -0.444. The van der Waals surface area contributed by atoms with E-state index in [1.165, 1.54) is 26.4 Å². The molecule has 0 amide bonds. The van der Waals surface area contributed by atoms with Crippen molar-refractivity contribution in [1.82, 2.24) is 0 Å². The van der Waals surface area contributed by atoms with E-state index in [0.29, 0.717) is 5.56 Å². The number of nitro benzene ring substituents is 1. The van der Waals surface area contributed by atoms with Crippen molar-refractivity contribution in [3.05, 3.63) is 63.7 Å². The van der Waals surface area contributed by atoms with E-state index >= 15 is 0 Å². The predicted molar refractivity (Wildman–Crippen MR) is 92.3 cm³/mol. The SMILES string of the molecule is COc1cc(COC(=O)C(OC=O)c2ccccc2)c([N+](=O)[O-])cc1OC. The quantitative estimate of drug-likeness (QED) is 0.284. The molecule has 0 N–H and O–H groups in total. The van der Waals surface area contributed by atoms with Crippen LogP contribution in [0.3, 0.4) is 0 Å². The van der Waals surface area contributed by atoms with Gasteiger partial charge >= 0.3 is 5.97 Å². The molecule has 2 aromatic rings. The molecule has 0 aliphatic rings. The van der Waals surface area contributed by atoms with Gasteiger partial charge < -0.3 is 18.9 Å². The normalized spacial score (nSPS) is 11.2. The molecule has 0 spiro atoms. The van der Waals surface area contributed by atoms with Crippen LogP contribution in [0.25, 0.3) is 0 Å². The first-order chi connectivity index (χ1) is 13.0. The van der Waals surface area contributed by atoms with Crippen molar-refractivity contribution in [1.29, 1.82) is 0 Å². The van der Waals surface area contributed by atoms with Crippen molar-refractivity contribution < 1.29 is 33.5 Å². The molecule has 0 saturated carbocycles. The summed E-state index contributed by atoms with van der Waals surface area (Å²) in [5.41, 5.74) is 0.216. The van der Waals surface area contributed by atoms with Gasteiger partial charge in [-0.15, -0.1) is 0 Å². The highest BCUT2D eigenvalue weighted by atomic mass is 16.6. The first-order valence-corrected chi connectivity index (χ1v) is 7.71. The second-order valence-electron chi connectivity index (χ2n) is 5.22. The van der Waals surface area contributed by atoms with Gasteiger partial charge in [0.1, 0.15) is 6.61 Å². The molecule has 0 heterocycles. The van der Waals surface area contributed by atoms with Gasteiger partial charge in [-0.3, -0.25) is 14.9 Å². The lowest BCUT2D eigenvalue weighted by molar-refractivity contribution is -0.385. The number of benzene rings is 2. The zero-order chi connectivity index (χ0) is 19.8. The summed E-state index contributed by atoms with van der Waals surface area (Å²) in [6, 6.07) is 10.8. The Bertz CT molecular complexity index is 822. The minimum Gasteiger partial charge on any atom is -0.493 e. The number of methoxy groups -OCH3 is 2. The maximum Gasteiger partial charge on any atom is 0.352 e. The molecule has 0 bridgehead atoms. The van der Waals surface area contributed by atoms with Gasteiger partial charge in [-0.2, -0.15) is 0 Å². The molecule has 9 heteroatoms. The summed E-state index contributed by atoms with van der Waals surface area (Å²) in [6.45, 7) is -0.279. The van der Waals surface area contributed by atoms with Crippen molar-refractivity contribution in [2.24, 2.45) is 0 Å². The Balaban J connectivity index is 2.24. The van der Waals surface area contributed by atoms with Crippen molar-refractivity contribution in [2.45, 2.75) is 12.7 Å². The minimum atomic E-state index is -1.28. The standard InChI is InChI=1S/C18H17NO8/c1-24-15-8-13(14(19(22)23)9-16(15)25-2)10-26-18(21)17(27-11-20)12-6-4-3-5-7-12/h3-9,11,17H,10H2,1-2H3. The van der Waals surface area contributed by atoms with Gasteiger partial charge in [-0.1, -0.05) is 30.3 Å². The zero-order valence-corrected chi connectivity index (χ0v) is 14.6. The second kappa shape index (κ2) is 9.18. The highest BCUT2D eigenvalue weighted by molar-refractivity contribution is 5.77. The molecule has 0 fully saturated rings. The van der Waals surface area contributed by atoms with E-state index in [1.807, 2.05) is 0 Å². The van der Waals surface area contributed by atoms with Crippen LogP contribution < -0.4 is 9.47 Å². The summed E-state index contributed by atoms with van der Waals surface area (Å²) >= 11 is 0. The Kier molecular flexibility index (Phi) is 6.70. The van der Waals surface area contributed by atoms with Gasteiger partial charge in [0, 0.05) is 5.56 Å². The molecule has 2 aromatic carbocycles. The summed E-state index contributed by atoms with van der Waals surface area (Å²) in [4.78, 5) is 33.7. The summed E-state index contributed by atoms with van der Waals surface area (Å²) in [6.07, 6.45) is -1.28. The molecule has 1 atom stereocenters. The fraction of sp³-hybridized carbons (Fsp3) is 0.222. The van der Waals surface area contributed by atoms with Gasteiger partial charge in [-0.05, 0) is 6.07 Å². The molecular weight excluding hydrogens is 358 g/mol. The number of hydrogen-bond donors (Lipinski definition) is 0. The number of esters is 1. The van der Waals surface area contributed by atoms with Crippen molar-refractivity contribution in [2.75, 3.05) is 14.2 Å². The second-order valence-corrected chi connectivity index (χ2v) is 5.22. The molecule has 0 radical (unpaired) electrons. The third kappa shape index (κ3) is 4.72. The summed E-state index contributed by atoms with van der Waals surface area (Å²) in [5, 5.41) is 11.3. The monoisotopic (exact) mass is 375 g/mol. The number of ether oxygens (including phenoxy) is 4. The van der Waals surface area contributed by atoms with Crippen LogP contribution in [0.15, 0.2) is 42.5 Å². The van der Waals surface area contributed by atoms with Crippen molar-refractivity contribution in [3.8, 4) is 11.5 Å². The molecule has 27 heavy (non-hydrogen) atoms. The number of nitro groups is 1. The van der Waals surface area contributed by atoms with Gasteiger partial charge in [0.15, 0.2) is 11.5 Å². The molecule has 9 nitrogen and oxygen atoms in total. The number of rotatable bonds is 9. The third-order valence-corrected chi connectivity index (χ3v) is 3.66. The highest BCUT2D eigenvalue weighted by Gasteiger charge is 2.26. The largest absolute Gasteiger partial charge is 0.493 e. The Morgan fingerprint density at radius 1 is 1.15 bits per heavy atom. The van der Waals surface area contributed by atoms with Crippen molar-refractivity contribution in [3.63, 3.8) is 0 Å². The van der Waals surface area contributed by atoms with Gasteiger partial charge in [0.05, 0.1) is 30.8 Å². The van der Waals surface area contributed by atoms with E-state index in [4.69, 9.17) is 18.9 Å². The molecule has 142 valence electrons. The molecule has 0 aliphatic heterocycles. The molecule has 0 aliphatic carbocycles. The van der Waals surface area contributed by atoms with Gasteiger partial charge in [0.25, 0.3) is 12.2 Å².